The van der Waals surface area contributed by atoms with E-state index in [0.29, 0.717) is 11.5 Å². The van der Waals surface area contributed by atoms with Crippen molar-refractivity contribution in [3.05, 3.63) is 35.8 Å². The van der Waals surface area contributed by atoms with Gasteiger partial charge in [-0.05, 0) is 20.8 Å². The van der Waals surface area contributed by atoms with Crippen LogP contribution in [0.25, 0.3) is 5.78 Å². The molecule has 3 heterocycles. The fraction of sp³-hybridized carbons (Fsp3) is 0.429. The van der Waals surface area contributed by atoms with Crippen molar-refractivity contribution in [3.8, 4) is 0 Å². The third-order valence-electron chi connectivity index (χ3n) is 3.53. The third-order valence-corrected chi connectivity index (χ3v) is 3.53. The van der Waals surface area contributed by atoms with Gasteiger partial charge in [-0.1, -0.05) is 0 Å². The average Bonchev–Trinajstić information content (AvgIpc) is 3.12. The molecule has 7 nitrogen and oxygen atoms in total. The Labute approximate surface area is 135 Å². The summed E-state index contributed by atoms with van der Waals surface area (Å²) in [4.78, 5) is 11.8. The van der Waals surface area contributed by atoms with E-state index in [9.17, 15) is 13.2 Å². The number of halogens is 3. The molecule has 0 unspecified atom stereocenters. The van der Waals surface area contributed by atoms with Gasteiger partial charge in [0, 0.05) is 30.7 Å². The molecule has 10 heteroatoms. The Balaban J connectivity index is 2.01. The molecule has 3 aromatic rings. The van der Waals surface area contributed by atoms with Crippen molar-refractivity contribution in [2.24, 2.45) is 0 Å². The Morgan fingerprint density at radius 1 is 1.29 bits per heavy atom. The molecule has 3 rings (SSSR count). The minimum Gasteiger partial charge on any atom is -0.360 e. The number of aromatic nitrogens is 6. The van der Waals surface area contributed by atoms with Gasteiger partial charge in [0.15, 0.2) is 0 Å². The fourth-order valence-corrected chi connectivity index (χ4v) is 2.46. The maximum absolute atomic E-state index is 12.8. The molecule has 0 bridgehead atoms. The van der Waals surface area contributed by atoms with Crippen molar-refractivity contribution in [3.63, 3.8) is 0 Å². The van der Waals surface area contributed by atoms with Crippen molar-refractivity contribution in [2.75, 3.05) is 5.32 Å². The normalized spacial score (nSPS) is 13.4. The van der Waals surface area contributed by atoms with Gasteiger partial charge in [-0.15, -0.1) is 5.10 Å². The topological polar surface area (TPSA) is 72.9 Å². The zero-order valence-electron chi connectivity index (χ0n) is 13.3. The summed E-state index contributed by atoms with van der Waals surface area (Å²) in [5.41, 5.74) is 0.539. The molecule has 1 atom stereocenters. The van der Waals surface area contributed by atoms with E-state index in [-0.39, 0.29) is 11.8 Å². The lowest BCUT2D eigenvalue weighted by atomic mass is 10.3. The summed E-state index contributed by atoms with van der Waals surface area (Å²) in [5, 5.41) is 6.67. The number of imidazole rings is 1. The Morgan fingerprint density at radius 3 is 2.71 bits per heavy atom. The Morgan fingerprint density at radius 2 is 2.04 bits per heavy atom. The minimum atomic E-state index is -4.62. The van der Waals surface area contributed by atoms with Gasteiger partial charge in [-0.3, -0.25) is 0 Å². The molecule has 128 valence electrons. The van der Waals surface area contributed by atoms with E-state index in [2.05, 4.69) is 25.4 Å². The van der Waals surface area contributed by atoms with Crippen LogP contribution in [0.1, 0.15) is 37.2 Å². The predicted molar refractivity (Wildman–Crippen MR) is 80.5 cm³/mol. The van der Waals surface area contributed by atoms with E-state index in [1.807, 2.05) is 24.6 Å². The molecule has 0 fully saturated rings. The highest BCUT2D eigenvalue weighted by Crippen LogP contribution is 2.27. The molecular formula is C14H16F3N7. The molecule has 0 spiro atoms. The van der Waals surface area contributed by atoms with Crippen LogP contribution in [0.4, 0.5) is 19.0 Å². The van der Waals surface area contributed by atoms with E-state index in [0.717, 1.165) is 16.9 Å². The largest absolute Gasteiger partial charge is 0.453 e. The van der Waals surface area contributed by atoms with Gasteiger partial charge in [0.2, 0.25) is 0 Å². The highest BCUT2D eigenvalue weighted by molar-refractivity contribution is 5.46. The van der Waals surface area contributed by atoms with Crippen LogP contribution in [-0.4, -0.2) is 29.1 Å². The second-order valence-electron chi connectivity index (χ2n) is 5.37. The zero-order chi connectivity index (χ0) is 17.5. The van der Waals surface area contributed by atoms with Gasteiger partial charge >= 0.3 is 6.18 Å². The molecule has 0 aliphatic carbocycles. The molecule has 0 amide bonds. The van der Waals surface area contributed by atoms with Crippen LogP contribution in [0.3, 0.4) is 0 Å². The fourth-order valence-electron chi connectivity index (χ4n) is 2.46. The second-order valence-corrected chi connectivity index (χ2v) is 5.37. The lowest BCUT2D eigenvalue weighted by Gasteiger charge is -2.16. The summed E-state index contributed by atoms with van der Waals surface area (Å²) >= 11 is 0. The Kier molecular flexibility index (Phi) is 3.90. The summed E-state index contributed by atoms with van der Waals surface area (Å²) < 4.78 is 41.5. The minimum absolute atomic E-state index is 0.101. The number of hydrogen-bond donors (Lipinski definition) is 1. The van der Waals surface area contributed by atoms with Crippen LogP contribution in [0.2, 0.25) is 0 Å². The first-order valence-corrected chi connectivity index (χ1v) is 7.38. The van der Waals surface area contributed by atoms with Gasteiger partial charge in [0.05, 0.1) is 6.04 Å². The summed E-state index contributed by atoms with van der Waals surface area (Å²) in [7, 11) is 0. The molecule has 0 saturated heterocycles. The van der Waals surface area contributed by atoms with E-state index in [1.165, 1.54) is 0 Å². The highest BCUT2D eigenvalue weighted by Gasteiger charge is 2.37. The molecule has 0 aliphatic rings. The Bertz CT molecular complexity index is 865. The van der Waals surface area contributed by atoms with Crippen molar-refractivity contribution in [1.29, 1.82) is 0 Å². The molecule has 0 aliphatic heterocycles. The molecule has 0 saturated carbocycles. The molecule has 3 aromatic heterocycles. The van der Waals surface area contributed by atoms with E-state index in [1.54, 1.807) is 19.2 Å². The molecule has 1 N–H and O–H groups in total. The van der Waals surface area contributed by atoms with Gasteiger partial charge in [0.1, 0.15) is 11.6 Å². The van der Waals surface area contributed by atoms with Gasteiger partial charge in [0.25, 0.3) is 11.6 Å². The first-order chi connectivity index (χ1) is 11.3. The standard InChI is InChI=1S/C14H16F3N7/c1-4-23-6-5-18-11(23)9(3)20-10-7-8(2)19-13-21-12(14(15,16)17)22-24(10)13/h5-7,9,20H,4H2,1-3H3/t9-/m1/s1. The van der Waals surface area contributed by atoms with Crippen LogP contribution in [0, 0.1) is 6.92 Å². The predicted octanol–water partition coefficient (Wildman–Crippen LogP) is 2.84. The second kappa shape index (κ2) is 5.77. The highest BCUT2D eigenvalue weighted by atomic mass is 19.4. The number of aryl methyl sites for hydroxylation is 2. The number of hydrogen-bond acceptors (Lipinski definition) is 5. The number of anilines is 1. The van der Waals surface area contributed by atoms with Gasteiger partial charge in [-0.2, -0.15) is 22.7 Å². The van der Waals surface area contributed by atoms with Crippen LogP contribution >= 0.6 is 0 Å². The summed E-state index contributed by atoms with van der Waals surface area (Å²) in [6.45, 7) is 6.29. The van der Waals surface area contributed by atoms with Gasteiger partial charge in [-0.25, -0.2) is 9.97 Å². The molecule has 0 radical (unpaired) electrons. The number of fused-ring (bicyclic) bond motifs is 1. The summed E-state index contributed by atoms with van der Waals surface area (Å²) in [6, 6.07) is 1.39. The van der Waals surface area contributed by atoms with E-state index < -0.39 is 12.0 Å². The first-order valence-electron chi connectivity index (χ1n) is 7.38. The first kappa shape index (κ1) is 16.2. The quantitative estimate of drug-likeness (QED) is 0.791. The summed E-state index contributed by atoms with van der Waals surface area (Å²) in [6.07, 6.45) is -1.09. The Hall–Kier alpha value is -2.65. The van der Waals surface area contributed by atoms with Gasteiger partial charge < -0.3 is 9.88 Å². The van der Waals surface area contributed by atoms with Crippen molar-refractivity contribution >= 4 is 11.6 Å². The van der Waals surface area contributed by atoms with Crippen molar-refractivity contribution in [2.45, 2.75) is 39.5 Å². The van der Waals surface area contributed by atoms with Crippen LogP contribution in [0.5, 0.6) is 0 Å². The van der Waals surface area contributed by atoms with E-state index in [4.69, 9.17) is 0 Å². The maximum atomic E-state index is 12.8. The number of alkyl halides is 3. The van der Waals surface area contributed by atoms with Crippen LogP contribution < -0.4 is 5.32 Å². The average molecular weight is 339 g/mol. The lowest BCUT2D eigenvalue weighted by molar-refractivity contribution is -0.144. The zero-order valence-corrected chi connectivity index (χ0v) is 13.3. The van der Waals surface area contributed by atoms with Crippen molar-refractivity contribution < 1.29 is 13.2 Å². The lowest BCUT2D eigenvalue weighted by Crippen LogP contribution is -2.16. The molecule has 0 aromatic carbocycles. The van der Waals surface area contributed by atoms with E-state index >= 15 is 0 Å². The summed E-state index contributed by atoms with van der Waals surface area (Å²) in [5.74, 6) is -0.169. The van der Waals surface area contributed by atoms with Crippen LogP contribution in [0.15, 0.2) is 18.5 Å². The van der Waals surface area contributed by atoms with Crippen LogP contribution in [-0.2, 0) is 12.7 Å². The smallest absolute Gasteiger partial charge is 0.360 e. The SMILES string of the molecule is CCn1ccnc1[C@@H](C)Nc1cc(C)nc2nc(C(F)(F)F)nn12. The molecule has 24 heavy (non-hydrogen) atoms. The maximum Gasteiger partial charge on any atom is 0.453 e. The molecular weight excluding hydrogens is 323 g/mol. The van der Waals surface area contributed by atoms with Crippen molar-refractivity contribution in [1.82, 2.24) is 29.1 Å². The number of rotatable bonds is 4. The number of nitrogens with one attached hydrogen (secondary N) is 1. The number of nitrogens with zero attached hydrogens (tertiary/aromatic N) is 6. The third kappa shape index (κ3) is 2.91. The monoisotopic (exact) mass is 339 g/mol.